The largest absolute Gasteiger partial charge is 0.393 e. The van der Waals surface area contributed by atoms with Crippen molar-refractivity contribution in [2.24, 2.45) is 5.92 Å². The summed E-state index contributed by atoms with van der Waals surface area (Å²) in [6.07, 6.45) is 6.62. The van der Waals surface area contributed by atoms with Gasteiger partial charge in [0.05, 0.1) is 18.6 Å². The number of aliphatic hydroxyl groups excluding tert-OH is 1. The van der Waals surface area contributed by atoms with Crippen molar-refractivity contribution in [1.82, 2.24) is 5.32 Å². The van der Waals surface area contributed by atoms with Gasteiger partial charge in [0.25, 0.3) is 0 Å². The molecule has 17 heavy (non-hydrogen) atoms. The second kappa shape index (κ2) is 6.36. The molecule has 1 saturated carbocycles. The van der Waals surface area contributed by atoms with Crippen molar-refractivity contribution in [3.63, 3.8) is 0 Å². The topological polar surface area (TPSA) is 58.6 Å². The fraction of sp³-hybridized carbons (Fsp3) is 0.923. The van der Waals surface area contributed by atoms with E-state index in [2.05, 4.69) is 5.32 Å². The third-order valence-corrected chi connectivity index (χ3v) is 3.87. The van der Waals surface area contributed by atoms with Crippen LogP contribution in [0.4, 0.5) is 0 Å². The minimum atomic E-state index is -0.230. The molecule has 0 bridgehead atoms. The molecular weight excluding hydrogens is 218 g/mol. The van der Waals surface area contributed by atoms with Gasteiger partial charge in [-0.25, -0.2) is 0 Å². The first-order valence-electron chi connectivity index (χ1n) is 6.82. The summed E-state index contributed by atoms with van der Waals surface area (Å²) in [5.74, 6) is 0.312. The van der Waals surface area contributed by atoms with Gasteiger partial charge in [-0.1, -0.05) is 12.8 Å². The Morgan fingerprint density at radius 3 is 2.76 bits per heavy atom. The molecule has 1 heterocycles. The van der Waals surface area contributed by atoms with Gasteiger partial charge in [-0.05, 0) is 25.7 Å². The van der Waals surface area contributed by atoms with Gasteiger partial charge in [0.15, 0.2) is 0 Å². The lowest BCUT2D eigenvalue weighted by Crippen LogP contribution is -2.37. The summed E-state index contributed by atoms with van der Waals surface area (Å²) < 4.78 is 5.43. The predicted molar refractivity (Wildman–Crippen MR) is 64.6 cm³/mol. The molecule has 2 rings (SSSR count). The summed E-state index contributed by atoms with van der Waals surface area (Å²) >= 11 is 0. The lowest BCUT2D eigenvalue weighted by Gasteiger charge is -2.27. The van der Waals surface area contributed by atoms with Crippen molar-refractivity contribution in [2.75, 3.05) is 13.2 Å². The van der Waals surface area contributed by atoms with Crippen molar-refractivity contribution in [3.05, 3.63) is 0 Å². The van der Waals surface area contributed by atoms with Crippen LogP contribution in [0, 0.1) is 5.92 Å². The molecule has 3 atom stereocenters. The maximum Gasteiger partial charge on any atom is 0.222 e. The van der Waals surface area contributed by atoms with Crippen LogP contribution in [-0.4, -0.2) is 36.4 Å². The minimum Gasteiger partial charge on any atom is -0.393 e. The number of hydrogen-bond donors (Lipinski definition) is 2. The van der Waals surface area contributed by atoms with Gasteiger partial charge in [-0.2, -0.15) is 0 Å². The summed E-state index contributed by atoms with van der Waals surface area (Å²) in [5.41, 5.74) is 0. The van der Waals surface area contributed by atoms with E-state index in [1.807, 2.05) is 0 Å². The first kappa shape index (κ1) is 12.8. The van der Waals surface area contributed by atoms with Crippen molar-refractivity contribution in [3.8, 4) is 0 Å². The van der Waals surface area contributed by atoms with Gasteiger partial charge in [0.1, 0.15) is 0 Å². The third-order valence-electron chi connectivity index (χ3n) is 3.87. The summed E-state index contributed by atoms with van der Waals surface area (Å²) in [6.45, 7) is 1.41. The van der Waals surface area contributed by atoms with Crippen LogP contribution in [0.5, 0.6) is 0 Å². The van der Waals surface area contributed by atoms with Gasteiger partial charge >= 0.3 is 0 Å². The second-order valence-electron chi connectivity index (χ2n) is 5.26. The van der Waals surface area contributed by atoms with E-state index in [4.69, 9.17) is 4.74 Å². The molecule has 1 aliphatic carbocycles. The van der Waals surface area contributed by atoms with Crippen molar-refractivity contribution < 1.29 is 14.6 Å². The Morgan fingerprint density at radius 2 is 2.06 bits per heavy atom. The summed E-state index contributed by atoms with van der Waals surface area (Å²) in [5, 5.41) is 12.7. The number of ether oxygens (including phenoxy) is 1. The van der Waals surface area contributed by atoms with Gasteiger partial charge in [0.2, 0.25) is 5.91 Å². The quantitative estimate of drug-likeness (QED) is 0.778. The molecule has 1 amide bonds. The molecule has 2 N–H and O–H groups in total. The minimum absolute atomic E-state index is 0.0645. The van der Waals surface area contributed by atoms with Crippen LogP contribution in [0.2, 0.25) is 0 Å². The zero-order chi connectivity index (χ0) is 12.1. The van der Waals surface area contributed by atoms with Crippen LogP contribution in [0.1, 0.15) is 44.9 Å². The van der Waals surface area contributed by atoms with E-state index in [-0.39, 0.29) is 24.0 Å². The van der Waals surface area contributed by atoms with Gasteiger partial charge in [0, 0.05) is 19.1 Å². The molecular formula is C13H23NO3. The van der Waals surface area contributed by atoms with E-state index in [0.717, 1.165) is 38.7 Å². The predicted octanol–water partition coefficient (Wildman–Crippen LogP) is 1.22. The van der Waals surface area contributed by atoms with Crippen molar-refractivity contribution in [2.45, 2.75) is 57.2 Å². The van der Waals surface area contributed by atoms with E-state index < -0.39 is 0 Å². The third kappa shape index (κ3) is 3.96. The molecule has 3 unspecified atom stereocenters. The zero-order valence-corrected chi connectivity index (χ0v) is 10.4. The first-order chi connectivity index (χ1) is 8.25. The highest BCUT2D eigenvalue weighted by atomic mass is 16.5. The molecule has 1 saturated heterocycles. The summed E-state index contributed by atoms with van der Waals surface area (Å²) in [4.78, 5) is 11.7. The molecule has 0 aromatic heterocycles. The Balaban J connectivity index is 1.64. The standard InChI is InChI=1S/C13H23NO3/c15-12-6-2-1-4-10(12)9-14-13(16)8-11-5-3-7-17-11/h10-12,15H,1-9H2,(H,14,16). The van der Waals surface area contributed by atoms with E-state index in [9.17, 15) is 9.90 Å². The van der Waals surface area contributed by atoms with Crippen LogP contribution < -0.4 is 5.32 Å². The highest BCUT2D eigenvalue weighted by Gasteiger charge is 2.24. The lowest BCUT2D eigenvalue weighted by molar-refractivity contribution is -0.123. The summed E-state index contributed by atoms with van der Waals surface area (Å²) in [6, 6.07) is 0. The maximum atomic E-state index is 11.7. The molecule has 4 heteroatoms. The lowest BCUT2D eigenvalue weighted by atomic mass is 9.86. The van der Waals surface area contributed by atoms with Gasteiger partial charge in [-0.15, -0.1) is 0 Å². The average molecular weight is 241 g/mol. The van der Waals surface area contributed by atoms with Crippen LogP contribution >= 0.6 is 0 Å². The molecule has 2 fully saturated rings. The first-order valence-corrected chi connectivity index (χ1v) is 6.82. The van der Waals surface area contributed by atoms with Gasteiger partial charge in [-0.3, -0.25) is 4.79 Å². The van der Waals surface area contributed by atoms with Crippen molar-refractivity contribution >= 4 is 5.91 Å². The Bertz CT molecular complexity index is 251. The molecule has 98 valence electrons. The highest BCUT2D eigenvalue weighted by molar-refractivity contribution is 5.76. The normalized spacial score (nSPS) is 33.6. The van der Waals surface area contributed by atoms with Gasteiger partial charge < -0.3 is 15.2 Å². The van der Waals surface area contributed by atoms with Crippen LogP contribution in [0.15, 0.2) is 0 Å². The number of hydrogen-bond acceptors (Lipinski definition) is 3. The molecule has 4 nitrogen and oxygen atoms in total. The number of aliphatic hydroxyl groups is 1. The molecule has 0 radical (unpaired) electrons. The number of rotatable bonds is 4. The van der Waals surface area contributed by atoms with E-state index in [1.165, 1.54) is 6.42 Å². The highest BCUT2D eigenvalue weighted by Crippen LogP contribution is 2.23. The zero-order valence-electron chi connectivity index (χ0n) is 10.4. The van der Waals surface area contributed by atoms with Crippen molar-refractivity contribution in [1.29, 1.82) is 0 Å². The molecule has 0 aromatic rings. The van der Waals surface area contributed by atoms with Crippen LogP contribution in [0.25, 0.3) is 0 Å². The summed E-state index contributed by atoms with van der Waals surface area (Å²) in [7, 11) is 0. The SMILES string of the molecule is O=C(CC1CCCO1)NCC1CCCCC1O. The second-order valence-corrected chi connectivity index (χ2v) is 5.26. The Kier molecular flexibility index (Phi) is 4.80. The van der Waals surface area contributed by atoms with Crippen LogP contribution in [-0.2, 0) is 9.53 Å². The number of amides is 1. The van der Waals surface area contributed by atoms with E-state index in [0.29, 0.717) is 13.0 Å². The molecule has 0 spiro atoms. The number of carbonyl (C=O) groups excluding carboxylic acids is 1. The number of carbonyl (C=O) groups is 1. The fourth-order valence-electron chi connectivity index (χ4n) is 2.76. The monoisotopic (exact) mass is 241 g/mol. The number of nitrogens with one attached hydrogen (secondary N) is 1. The Hall–Kier alpha value is -0.610. The van der Waals surface area contributed by atoms with Crippen LogP contribution in [0.3, 0.4) is 0 Å². The van der Waals surface area contributed by atoms with E-state index >= 15 is 0 Å². The maximum absolute atomic E-state index is 11.7. The fourth-order valence-corrected chi connectivity index (χ4v) is 2.76. The smallest absolute Gasteiger partial charge is 0.222 e. The van der Waals surface area contributed by atoms with E-state index in [1.54, 1.807) is 0 Å². The Labute approximate surface area is 103 Å². The average Bonchev–Trinajstić information content (AvgIpc) is 2.81. The molecule has 2 aliphatic rings. The Morgan fingerprint density at radius 1 is 1.24 bits per heavy atom. The molecule has 0 aromatic carbocycles. The molecule has 1 aliphatic heterocycles.